The number of pyridine rings is 1. The van der Waals surface area contributed by atoms with Crippen LogP contribution in [0.15, 0.2) is 47.6 Å². The van der Waals surface area contributed by atoms with Crippen LogP contribution in [0.4, 0.5) is 4.79 Å². The zero-order chi connectivity index (χ0) is 25.9. The number of nitrogens with zero attached hydrogens (tertiary/aromatic N) is 3. The van der Waals surface area contributed by atoms with Gasteiger partial charge in [-0.3, -0.25) is 4.98 Å². The van der Waals surface area contributed by atoms with Crippen molar-refractivity contribution >= 4 is 16.1 Å². The molecule has 0 saturated heterocycles. The molecule has 1 fully saturated rings. The van der Waals surface area contributed by atoms with Crippen molar-refractivity contribution in [3.05, 3.63) is 42.7 Å². The molecule has 0 spiro atoms. The molecule has 1 aromatic heterocycles. The van der Waals surface area contributed by atoms with Crippen molar-refractivity contribution in [3.63, 3.8) is 0 Å². The third-order valence-corrected chi connectivity index (χ3v) is 9.16. The number of fused-ring (bicyclic) bond motifs is 1. The number of amides is 2. The third-order valence-electron chi connectivity index (χ3n) is 7.15. The highest BCUT2D eigenvalue weighted by Crippen LogP contribution is 2.36. The number of sulfonamides is 1. The summed E-state index contributed by atoms with van der Waals surface area (Å²) in [6.45, 7) is 3.75. The maximum absolute atomic E-state index is 13.6. The van der Waals surface area contributed by atoms with E-state index in [-0.39, 0.29) is 48.3 Å². The van der Waals surface area contributed by atoms with E-state index in [1.165, 1.54) is 4.31 Å². The van der Waals surface area contributed by atoms with E-state index in [0.717, 1.165) is 36.8 Å². The number of nitrogens with one attached hydrogen (secondary N) is 1. The predicted octanol–water partition coefficient (Wildman–Crippen LogP) is 3.10. The minimum Gasteiger partial charge on any atom is -0.487 e. The molecule has 1 saturated carbocycles. The first kappa shape index (κ1) is 26.4. The number of aliphatic hydroxyl groups excluding tert-OH is 1. The molecular weight excluding hydrogens is 480 g/mol. The van der Waals surface area contributed by atoms with Crippen LogP contribution < -0.4 is 10.1 Å². The van der Waals surface area contributed by atoms with Crippen molar-refractivity contribution in [2.75, 3.05) is 26.7 Å². The molecule has 196 valence electrons. The molecule has 0 radical (unpaired) electrons. The maximum Gasteiger partial charge on any atom is 0.317 e. The van der Waals surface area contributed by atoms with Gasteiger partial charge >= 0.3 is 6.03 Å². The Morgan fingerprint density at radius 3 is 2.69 bits per heavy atom. The number of urea groups is 1. The van der Waals surface area contributed by atoms with Gasteiger partial charge in [0.2, 0.25) is 10.0 Å². The lowest BCUT2D eigenvalue weighted by Gasteiger charge is -2.37. The summed E-state index contributed by atoms with van der Waals surface area (Å²) in [6.07, 6.45) is 7.16. The van der Waals surface area contributed by atoms with Gasteiger partial charge in [0.15, 0.2) is 0 Å². The van der Waals surface area contributed by atoms with Crippen LogP contribution in [0, 0.1) is 5.92 Å². The van der Waals surface area contributed by atoms with Crippen molar-refractivity contribution in [3.8, 4) is 16.9 Å². The van der Waals surface area contributed by atoms with Gasteiger partial charge in [-0.05, 0) is 43.5 Å². The Bertz CT molecular complexity index is 1150. The van der Waals surface area contributed by atoms with Gasteiger partial charge in [-0.1, -0.05) is 31.9 Å². The number of aliphatic hydroxyl groups is 1. The van der Waals surface area contributed by atoms with Crippen molar-refractivity contribution in [2.24, 2.45) is 5.92 Å². The van der Waals surface area contributed by atoms with Gasteiger partial charge < -0.3 is 20.1 Å². The summed E-state index contributed by atoms with van der Waals surface area (Å²) in [4.78, 5) is 18.7. The molecule has 9 nitrogen and oxygen atoms in total. The number of carbonyl (C=O) groups is 1. The fourth-order valence-corrected chi connectivity index (χ4v) is 6.69. The minimum absolute atomic E-state index is 0.0467. The van der Waals surface area contributed by atoms with Gasteiger partial charge in [0, 0.05) is 49.6 Å². The Hall–Kier alpha value is -2.69. The number of likely N-dealkylation sites (N-methyl/N-ethyl adjacent to an activating group) is 1. The highest BCUT2D eigenvalue weighted by atomic mass is 32.2. The lowest BCUT2D eigenvalue weighted by atomic mass is 10.0. The smallest absolute Gasteiger partial charge is 0.317 e. The second-order valence-corrected chi connectivity index (χ2v) is 11.8. The molecule has 1 aliphatic heterocycles. The van der Waals surface area contributed by atoms with E-state index < -0.39 is 22.2 Å². The van der Waals surface area contributed by atoms with E-state index in [0.29, 0.717) is 0 Å². The van der Waals surface area contributed by atoms with Crippen LogP contribution in [0.2, 0.25) is 0 Å². The van der Waals surface area contributed by atoms with Gasteiger partial charge in [0.05, 0.1) is 13.2 Å². The molecule has 0 unspecified atom stereocenters. The van der Waals surface area contributed by atoms with Crippen LogP contribution in [-0.4, -0.2) is 78.7 Å². The van der Waals surface area contributed by atoms with E-state index in [2.05, 4.69) is 10.3 Å². The Morgan fingerprint density at radius 2 is 2.03 bits per heavy atom. The molecule has 36 heavy (non-hydrogen) atoms. The van der Waals surface area contributed by atoms with E-state index in [9.17, 15) is 18.3 Å². The summed E-state index contributed by atoms with van der Waals surface area (Å²) >= 11 is 0. The van der Waals surface area contributed by atoms with Crippen molar-refractivity contribution in [1.29, 1.82) is 0 Å². The van der Waals surface area contributed by atoms with Gasteiger partial charge in [0.1, 0.15) is 16.7 Å². The Morgan fingerprint density at radius 1 is 1.28 bits per heavy atom. The Balaban J connectivity index is 1.68. The van der Waals surface area contributed by atoms with E-state index >= 15 is 0 Å². The number of hydrogen-bond donors (Lipinski definition) is 2. The number of carbonyl (C=O) groups excluding carboxylic acids is 1. The quantitative estimate of drug-likeness (QED) is 0.610. The maximum atomic E-state index is 13.6. The molecule has 0 bridgehead atoms. The van der Waals surface area contributed by atoms with Gasteiger partial charge in [0.25, 0.3) is 0 Å². The lowest BCUT2D eigenvalue weighted by molar-refractivity contribution is 0.0809. The number of benzene rings is 1. The zero-order valence-electron chi connectivity index (χ0n) is 21.1. The number of ether oxygens (including phenoxy) is 1. The summed E-state index contributed by atoms with van der Waals surface area (Å²) < 4.78 is 35.0. The van der Waals surface area contributed by atoms with Crippen LogP contribution in [0.25, 0.3) is 11.1 Å². The molecule has 4 rings (SSSR count). The normalized spacial score (nSPS) is 23.1. The van der Waals surface area contributed by atoms with Crippen LogP contribution in [-0.2, 0) is 10.0 Å². The fourth-order valence-electron chi connectivity index (χ4n) is 4.86. The van der Waals surface area contributed by atoms with Crippen molar-refractivity contribution in [2.45, 2.75) is 62.6 Å². The van der Waals surface area contributed by atoms with Crippen molar-refractivity contribution in [1.82, 2.24) is 19.5 Å². The highest BCUT2D eigenvalue weighted by molar-refractivity contribution is 7.89. The highest BCUT2D eigenvalue weighted by Gasteiger charge is 2.38. The summed E-state index contributed by atoms with van der Waals surface area (Å²) in [6, 6.07) is 8.15. The number of hydrogen-bond acceptors (Lipinski definition) is 6. The molecule has 2 amide bonds. The van der Waals surface area contributed by atoms with Gasteiger partial charge in [-0.2, -0.15) is 4.31 Å². The second-order valence-electron chi connectivity index (χ2n) is 9.95. The van der Waals surface area contributed by atoms with Crippen molar-refractivity contribution < 1.29 is 23.1 Å². The molecule has 10 heteroatoms. The third kappa shape index (κ3) is 5.66. The summed E-state index contributed by atoms with van der Waals surface area (Å²) in [5.41, 5.74) is 1.61. The van der Waals surface area contributed by atoms with Crippen LogP contribution >= 0.6 is 0 Å². The molecule has 2 N–H and O–H groups in total. The number of aromatic nitrogens is 1. The molecule has 2 aliphatic rings. The molecule has 3 atom stereocenters. The predicted molar refractivity (Wildman–Crippen MR) is 137 cm³/mol. The largest absolute Gasteiger partial charge is 0.487 e. The lowest BCUT2D eigenvalue weighted by Crippen LogP contribution is -2.51. The van der Waals surface area contributed by atoms with Crippen LogP contribution in [0.1, 0.15) is 39.5 Å². The first-order valence-electron chi connectivity index (χ1n) is 12.6. The molecular formula is C26H36N4O5S. The average Bonchev–Trinajstić information content (AvgIpc) is 3.39. The summed E-state index contributed by atoms with van der Waals surface area (Å²) in [5, 5.41) is 12.9. The molecule has 1 aliphatic carbocycles. The Labute approximate surface area is 213 Å². The van der Waals surface area contributed by atoms with Crippen LogP contribution in [0.5, 0.6) is 5.75 Å². The standard InChI is InChI=1S/C26H36N4O5S/c1-18-15-30(19(2)17-31)36(33,34)25-11-10-20(21-7-6-12-27-14-21)13-23(25)35-24(18)16-29(3)26(32)28-22-8-4-5-9-22/h6-7,10-14,18-19,22,24,31H,4-5,8-9,15-17H2,1-3H3,(H,28,32)/t18-,19+,24-/m0/s1. The van der Waals surface area contributed by atoms with Crippen LogP contribution in [0.3, 0.4) is 0 Å². The minimum atomic E-state index is -3.93. The van der Waals surface area contributed by atoms with E-state index in [1.54, 1.807) is 49.5 Å². The molecule has 2 heterocycles. The summed E-state index contributed by atoms with van der Waals surface area (Å²) in [5.74, 6) is -0.0154. The zero-order valence-corrected chi connectivity index (χ0v) is 21.9. The first-order chi connectivity index (χ1) is 17.2. The SMILES string of the molecule is C[C@H](CO)N1C[C@H](C)[C@H](CN(C)C(=O)NC2CCCC2)Oc2cc(-c3cccnc3)ccc2S1(=O)=O. The molecule has 2 aromatic rings. The van der Waals surface area contributed by atoms with Gasteiger partial charge in [-0.25, -0.2) is 13.2 Å². The van der Waals surface area contributed by atoms with Gasteiger partial charge in [-0.15, -0.1) is 0 Å². The number of rotatable bonds is 6. The summed E-state index contributed by atoms with van der Waals surface area (Å²) in [7, 11) is -2.20. The topological polar surface area (TPSA) is 112 Å². The molecule has 1 aromatic carbocycles. The first-order valence-corrected chi connectivity index (χ1v) is 14.0. The van der Waals surface area contributed by atoms with E-state index in [1.807, 2.05) is 19.1 Å². The fraction of sp³-hybridized carbons (Fsp3) is 0.538. The Kier molecular flexibility index (Phi) is 8.17. The van der Waals surface area contributed by atoms with E-state index in [4.69, 9.17) is 4.74 Å². The second kappa shape index (κ2) is 11.1. The average molecular weight is 517 g/mol. The monoisotopic (exact) mass is 516 g/mol.